The summed E-state index contributed by atoms with van der Waals surface area (Å²) in [6, 6.07) is 97.6. The Hall–Kier alpha value is -10.0. The third-order valence-corrected chi connectivity index (χ3v) is 27.3. The SMILES string of the molecule is CC1(C)CCC(C)(C)c2cc(N(c3ccccc3)c3cc4c5c(c3)N(c3ccccc3)c3cc(C67CCC(CC6)CC7)sc3B5c3cc5c(cc3N4c3ccccc3)Oc3cc(N(c4ccccc4)c4ccc6c(c4)C(C)(C)CCC6(C)C)cc4c3C5c3ccccc3N4c3ccccc3)ccc21. The van der Waals surface area contributed by atoms with Crippen LogP contribution in [0.4, 0.5) is 85.3 Å². The van der Waals surface area contributed by atoms with Gasteiger partial charge in [-0.05, 0) is 246 Å². The minimum absolute atomic E-state index is 0.00396. The molecular weight excluding hydrogens is 1270 g/mol. The third-order valence-electron chi connectivity index (χ3n) is 25.9. The molecule has 6 nitrogen and oxygen atoms in total. The van der Waals surface area contributed by atoms with Crippen molar-refractivity contribution in [3.05, 3.63) is 299 Å². The van der Waals surface area contributed by atoms with Crippen molar-refractivity contribution in [1.29, 1.82) is 0 Å². The molecule has 0 radical (unpaired) electrons. The molecule has 3 saturated carbocycles. The molecule has 2 bridgehead atoms. The van der Waals surface area contributed by atoms with E-state index < -0.39 is 0 Å². The molecule has 12 aromatic rings. The number of fused-ring (bicyclic) bond motifs is 13. The van der Waals surface area contributed by atoms with Gasteiger partial charge in [-0.2, -0.15) is 11.3 Å². The monoisotopic (exact) mass is 1360 g/mol. The number of hydrogen-bond donors (Lipinski definition) is 0. The van der Waals surface area contributed by atoms with E-state index in [4.69, 9.17) is 4.74 Å². The number of ether oxygens (including phenoxy) is 1. The van der Waals surface area contributed by atoms with Crippen LogP contribution in [0.15, 0.2) is 255 Å². The predicted octanol–water partition coefficient (Wildman–Crippen LogP) is 24.8. The van der Waals surface area contributed by atoms with E-state index in [0.29, 0.717) is 0 Å². The van der Waals surface area contributed by atoms with Crippen LogP contribution in [-0.4, -0.2) is 6.71 Å². The summed E-state index contributed by atoms with van der Waals surface area (Å²) in [4.78, 5) is 14.4. The van der Waals surface area contributed by atoms with Crippen molar-refractivity contribution in [2.75, 3.05) is 24.5 Å². The van der Waals surface area contributed by atoms with Gasteiger partial charge in [0, 0.05) is 101 Å². The number of anilines is 15. The third kappa shape index (κ3) is 9.71. The van der Waals surface area contributed by atoms with E-state index in [1.165, 1.54) is 122 Å². The molecule has 5 heterocycles. The van der Waals surface area contributed by atoms with Crippen molar-refractivity contribution in [1.82, 2.24) is 0 Å². The van der Waals surface area contributed by atoms with Crippen molar-refractivity contribution >= 4 is 119 Å². The van der Waals surface area contributed by atoms with E-state index in [9.17, 15) is 0 Å². The molecule has 1 atom stereocenters. The lowest BCUT2D eigenvalue weighted by Crippen LogP contribution is -2.60. The molecule has 4 aliphatic heterocycles. The summed E-state index contributed by atoms with van der Waals surface area (Å²) in [5.74, 6) is 2.43. The highest BCUT2D eigenvalue weighted by molar-refractivity contribution is 7.29. The molecule has 1 unspecified atom stereocenters. The molecule has 0 saturated heterocycles. The van der Waals surface area contributed by atoms with Crippen LogP contribution in [-0.2, 0) is 27.1 Å². The van der Waals surface area contributed by atoms with Crippen LogP contribution in [0.25, 0.3) is 0 Å². The highest BCUT2D eigenvalue weighted by Crippen LogP contribution is 2.63. The Bertz CT molecular complexity index is 5370. The second-order valence-corrected chi connectivity index (χ2v) is 34.8. The maximum absolute atomic E-state index is 8.00. The van der Waals surface area contributed by atoms with Gasteiger partial charge in [0.1, 0.15) is 11.5 Å². The summed E-state index contributed by atoms with van der Waals surface area (Å²) in [5, 5.41) is 0. The second kappa shape index (κ2) is 23.0. The number of hydrogen-bond acceptors (Lipinski definition) is 7. The van der Waals surface area contributed by atoms with Gasteiger partial charge in [0.25, 0.3) is 6.71 Å². The Morgan fingerprint density at radius 2 is 0.806 bits per heavy atom. The number of thiophene rings is 1. The van der Waals surface area contributed by atoms with E-state index in [0.717, 1.165) is 100.0 Å². The molecule has 8 heteroatoms. The Kier molecular flexibility index (Phi) is 14.0. The predicted molar refractivity (Wildman–Crippen MR) is 433 cm³/mol. The van der Waals surface area contributed by atoms with E-state index in [1.807, 2.05) is 0 Å². The molecule has 508 valence electrons. The Morgan fingerprint density at radius 1 is 0.359 bits per heavy atom. The van der Waals surface area contributed by atoms with E-state index >= 15 is 0 Å². The summed E-state index contributed by atoms with van der Waals surface area (Å²) >= 11 is 2.13. The van der Waals surface area contributed by atoms with E-state index in [2.05, 4.69) is 346 Å². The lowest BCUT2D eigenvalue weighted by atomic mass is 9.36. The first kappa shape index (κ1) is 62.7. The van der Waals surface area contributed by atoms with Gasteiger partial charge in [0.05, 0.1) is 28.4 Å². The first-order valence-corrected chi connectivity index (χ1v) is 38.8. The molecule has 1 aromatic heterocycles. The van der Waals surface area contributed by atoms with Crippen LogP contribution >= 0.6 is 11.3 Å². The topological polar surface area (TPSA) is 25.4 Å². The smallest absolute Gasteiger partial charge is 0.264 e. The number of nitrogens with zero attached hydrogens (tertiary/aromatic N) is 5. The van der Waals surface area contributed by atoms with Crippen LogP contribution in [0.5, 0.6) is 11.5 Å². The molecule has 0 amide bonds. The summed E-state index contributed by atoms with van der Waals surface area (Å²) in [5.41, 5.74) is 29.5. The minimum atomic E-state index is -0.166. The van der Waals surface area contributed by atoms with Gasteiger partial charge in [-0.25, -0.2) is 0 Å². The quantitative estimate of drug-likeness (QED) is 0.127. The zero-order valence-corrected chi connectivity index (χ0v) is 61.4. The maximum atomic E-state index is 8.00. The van der Waals surface area contributed by atoms with Crippen LogP contribution in [0.3, 0.4) is 0 Å². The minimum Gasteiger partial charge on any atom is -0.456 e. The second-order valence-electron chi connectivity index (χ2n) is 33.7. The van der Waals surface area contributed by atoms with Gasteiger partial charge < -0.3 is 29.2 Å². The Labute approximate surface area is 613 Å². The highest BCUT2D eigenvalue weighted by atomic mass is 32.1. The normalized spacial score (nSPS) is 20.4. The van der Waals surface area contributed by atoms with Crippen LogP contribution in [0.2, 0.25) is 0 Å². The molecule has 5 aliphatic carbocycles. The average molecular weight is 1360 g/mol. The summed E-state index contributed by atoms with van der Waals surface area (Å²) in [6.45, 7) is 19.4. The van der Waals surface area contributed by atoms with Crippen LogP contribution < -0.4 is 44.9 Å². The zero-order valence-electron chi connectivity index (χ0n) is 60.6. The number of para-hydroxylation sites is 6. The Morgan fingerprint density at radius 3 is 1.33 bits per heavy atom. The van der Waals surface area contributed by atoms with Crippen molar-refractivity contribution in [2.45, 2.75) is 153 Å². The fourth-order valence-corrected chi connectivity index (χ4v) is 21.6. The van der Waals surface area contributed by atoms with Crippen LogP contribution in [0.1, 0.15) is 169 Å². The molecule has 11 aromatic carbocycles. The number of benzene rings is 11. The fourth-order valence-electron chi connectivity index (χ4n) is 20.1. The van der Waals surface area contributed by atoms with Gasteiger partial charge >= 0.3 is 0 Å². The summed E-state index contributed by atoms with van der Waals surface area (Å²) in [6.07, 6.45) is 12.3. The summed E-state index contributed by atoms with van der Waals surface area (Å²) in [7, 11) is 0. The lowest BCUT2D eigenvalue weighted by Gasteiger charge is -2.46. The molecule has 0 spiro atoms. The average Bonchev–Trinajstić information content (AvgIpc) is 1.67. The molecule has 0 N–H and O–H groups in total. The fraction of sp³-hybridized carbons (Fsp3) is 0.263. The highest BCUT2D eigenvalue weighted by Gasteiger charge is 2.51. The molecule has 9 aliphatic rings. The Balaban J connectivity index is 0.857. The van der Waals surface area contributed by atoms with Gasteiger partial charge in [0.15, 0.2) is 0 Å². The van der Waals surface area contributed by atoms with Gasteiger partial charge in [-0.3, -0.25) is 0 Å². The van der Waals surface area contributed by atoms with Gasteiger partial charge in [0.2, 0.25) is 0 Å². The van der Waals surface area contributed by atoms with E-state index in [-0.39, 0.29) is 39.7 Å². The van der Waals surface area contributed by atoms with Crippen molar-refractivity contribution in [3.8, 4) is 11.5 Å². The largest absolute Gasteiger partial charge is 0.456 e. The first-order valence-electron chi connectivity index (χ1n) is 38.0. The molecule has 103 heavy (non-hydrogen) atoms. The van der Waals surface area contributed by atoms with Crippen LogP contribution in [0, 0.1) is 5.92 Å². The number of rotatable bonds is 10. The van der Waals surface area contributed by atoms with Crippen molar-refractivity contribution in [3.63, 3.8) is 0 Å². The zero-order chi connectivity index (χ0) is 69.5. The first-order chi connectivity index (χ1) is 50.0. The maximum Gasteiger partial charge on any atom is 0.264 e. The van der Waals surface area contributed by atoms with E-state index in [1.54, 1.807) is 4.88 Å². The van der Waals surface area contributed by atoms with Crippen molar-refractivity contribution < 1.29 is 4.74 Å². The van der Waals surface area contributed by atoms with Gasteiger partial charge in [-0.1, -0.05) is 183 Å². The van der Waals surface area contributed by atoms with Gasteiger partial charge in [-0.15, -0.1) is 0 Å². The standard InChI is InChI=1S/C95H88BN5OS/c1-91(2)48-50-93(5,6)75-52-67(38-40-73(75)91)97(62-26-14-9-15-27-62)69-55-81-89-82(56-69)101(66-34-22-13-23-35-66)83-60-86(95-45-42-61(43-46-95)44-47-95)103-90(83)96(89)77-58-72-84(59-79(77)100(81)65-32-20-12-21-33-65)102-85-57-70(54-80-88(85)87(72)71-36-24-25-37-78(71)99(80)64-30-18-11-19-31-64)98(63-28-16-10-17-29-63)68-39-41-74-76(53-68)94(7,8)51-49-92(74,3)4/h9-41,52-61,87H,42-51H2,1-8H3. The summed E-state index contributed by atoms with van der Waals surface area (Å²) < 4.78 is 9.43. The molecule has 21 rings (SSSR count). The lowest BCUT2D eigenvalue weighted by molar-refractivity contribution is 0.139. The molecule has 3 fully saturated rings. The van der Waals surface area contributed by atoms with Crippen molar-refractivity contribution in [2.24, 2.45) is 5.92 Å². The molecular formula is C95H88BN5OS.